The van der Waals surface area contributed by atoms with Gasteiger partial charge in [-0.15, -0.1) is 0 Å². The lowest BCUT2D eigenvalue weighted by molar-refractivity contribution is -0.230. The van der Waals surface area contributed by atoms with Gasteiger partial charge in [0.25, 0.3) is 0 Å². The number of aromatic nitrogens is 3. The molecule has 3 heterocycles. The Morgan fingerprint density at radius 1 is 0.719 bits per heavy atom. The molecular formula is C25H23N3O2S2. The fourth-order valence-electron chi connectivity index (χ4n) is 3.09. The third-order valence-corrected chi connectivity index (χ3v) is 7.25. The van der Waals surface area contributed by atoms with Crippen molar-refractivity contribution in [1.82, 2.24) is 15.0 Å². The monoisotopic (exact) mass is 461 g/mol. The summed E-state index contributed by atoms with van der Waals surface area (Å²) in [4.78, 5) is 13.7. The van der Waals surface area contributed by atoms with Crippen LogP contribution in [0.2, 0.25) is 0 Å². The molecule has 1 aromatic carbocycles. The second kappa shape index (κ2) is 11.2. The Morgan fingerprint density at radius 3 is 1.78 bits per heavy atom. The Labute approximate surface area is 196 Å². The quantitative estimate of drug-likeness (QED) is 0.219. The van der Waals surface area contributed by atoms with Crippen molar-refractivity contribution >= 4 is 23.5 Å². The number of benzene rings is 1. The standard InChI is InChI=1S/C25H23N3O2S2/c1-29-25(21-13-5-8-16-26-21,30-19-20-11-3-2-4-12-20)24(31-22-14-6-9-17-27-22)32-23-15-7-10-18-28-23/h2-18,24H,19H2,1H3. The van der Waals surface area contributed by atoms with Gasteiger partial charge in [0.1, 0.15) is 10.3 Å². The number of hydrogen-bond donors (Lipinski definition) is 0. The van der Waals surface area contributed by atoms with Crippen molar-refractivity contribution in [3.63, 3.8) is 0 Å². The minimum Gasteiger partial charge on any atom is -0.346 e. The zero-order valence-electron chi connectivity index (χ0n) is 17.6. The van der Waals surface area contributed by atoms with E-state index in [0.29, 0.717) is 12.3 Å². The van der Waals surface area contributed by atoms with Crippen LogP contribution in [-0.2, 0) is 21.9 Å². The van der Waals surface area contributed by atoms with Crippen LogP contribution in [0.4, 0.5) is 0 Å². The first-order valence-corrected chi connectivity index (χ1v) is 11.9. The first kappa shape index (κ1) is 22.5. The van der Waals surface area contributed by atoms with Gasteiger partial charge in [-0.1, -0.05) is 72.1 Å². The van der Waals surface area contributed by atoms with E-state index in [1.807, 2.05) is 84.9 Å². The number of pyridine rings is 3. The van der Waals surface area contributed by atoms with Gasteiger partial charge in [-0.3, -0.25) is 4.98 Å². The van der Waals surface area contributed by atoms with Crippen molar-refractivity contribution in [2.24, 2.45) is 0 Å². The third kappa shape index (κ3) is 5.55. The fraction of sp³-hybridized carbons (Fsp3) is 0.160. The average Bonchev–Trinajstić information content (AvgIpc) is 2.87. The number of thioether (sulfide) groups is 2. The Kier molecular flexibility index (Phi) is 7.90. The third-order valence-electron chi connectivity index (χ3n) is 4.66. The second-order valence-electron chi connectivity index (χ2n) is 6.76. The molecule has 4 aromatic rings. The van der Waals surface area contributed by atoms with Gasteiger partial charge in [0.15, 0.2) is 0 Å². The van der Waals surface area contributed by atoms with Crippen molar-refractivity contribution in [2.45, 2.75) is 27.0 Å². The highest BCUT2D eigenvalue weighted by atomic mass is 32.2. The van der Waals surface area contributed by atoms with E-state index in [-0.39, 0.29) is 4.58 Å². The molecule has 0 fully saturated rings. The van der Waals surface area contributed by atoms with Gasteiger partial charge >= 0.3 is 0 Å². The lowest BCUT2D eigenvalue weighted by atomic mass is 10.2. The summed E-state index contributed by atoms with van der Waals surface area (Å²) in [5.74, 6) is -1.15. The van der Waals surface area contributed by atoms with Gasteiger partial charge in [-0.25, -0.2) is 9.97 Å². The van der Waals surface area contributed by atoms with Crippen molar-refractivity contribution in [3.05, 3.63) is 115 Å². The molecule has 0 saturated carbocycles. The highest BCUT2D eigenvalue weighted by Crippen LogP contribution is 2.47. The largest absolute Gasteiger partial charge is 0.346 e. The zero-order chi connectivity index (χ0) is 22.1. The molecule has 0 amide bonds. The molecule has 0 aliphatic carbocycles. The highest BCUT2D eigenvalue weighted by molar-refractivity contribution is 8.17. The lowest BCUT2D eigenvalue weighted by Crippen LogP contribution is -2.41. The molecule has 0 aliphatic rings. The molecule has 32 heavy (non-hydrogen) atoms. The van der Waals surface area contributed by atoms with Crippen molar-refractivity contribution in [1.29, 1.82) is 0 Å². The van der Waals surface area contributed by atoms with Crippen LogP contribution < -0.4 is 0 Å². The molecular weight excluding hydrogens is 438 g/mol. The van der Waals surface area contributed by atoms with Crippen LogP contribution in [0.1, 0.15) is 11.3 Å². The highest BCUT2D eigenvalue weighted by Gasteiger charge is 2.45. The molecule has 1 atom stereocenters. The molecule has 3 aromatic heterocycles. The van der Waals surface area contributed by atoms with Crippen molar-refractivity contribution in [3.8, 4) is 0 Å². The van der Waals surface area contributed by atoms with Gasteiger partial charge in [0.2, 0.25) is 5.79 Å². The lowest BCUT2D eigenvalue weighted by Gasteiger charge is -2.37. The summed E-state index contributed by atoms with van der Waals surface area (Å²) in [6.45, 7) is 0.368. The molecule has 1 unspecified atom stereocenters. The molecule has 5 nitrogen and oxygen atoms in total. The number of nitrogens with zero attached hydrogens (tertiary/aromatic N) is 3. The predicted octanol–water partition coefficient (Wildman–Crippen LogP) is 5.80. The van der Waals surface area contributed by atoms with Gasteiger partial charge in [-0.2, -0.15) is 0 Å². The number of ether oxygens (including phenoxy) is 2. The minimum absolute atomic E-state index is 0.282. The maximum atomic E-state index is 6.58. The Morgan fingerprint density at radius 2 is 1.28 bits per heavy atom. The van der Waals surface area contributed by atoms with E-state index in [4.69, 9.17) is 9.47 Å². The molecule has 0 radical (unpaired) electrons. The van der Waals surface area contributed by atoms with Crippen molar-refractivity contribution in [2.75, 3.05) is 7.11 Å². The number of hydrogen-bond acceptors (Lipinski definition) is 7. The van der Waals surface area contributed by atoms with Gasteiger partial charge in [-0.05, 0) is 42.0 Å². The zero-order valence-corrected chi connectivity index (χ0v) is 19.2. The molecule has 0 N–H and O–H groups in total. The maximum absolute atomic E-state index is 6.58. The summed E-state index contributed by atoms with van der Waals surface area (Å²) < 4.78 is 12.5. The van der Waals surface area contributed by atoms with Crippen LogP contribution in [0.3, 0.4) is 0 Å². The Balaban J connectivity index is 1.75. The fourth-order valence-corrected chi connectivity index (χ4v) is 5.75. The summed E-state index contributed by atoms with van der Waals surface area (Å²) in [5.41, 5.74) is 1.74. The summed E-state index contributed by atoms with van der Waals surface area (Å²) in [5, 5.41) is 1.73. The predicted molar refractivity (Wildman–Crippen MR) is 128 cm³/mol. The number of methoxy groups -OCH3 is 1. The molecule has 4 rings (SSSR count). The molecule has 7 heteroatoms. The van der Waals surface area contributed by atoms with Crippen LogP contribution in [-0.4, -0.2) is 26.6 Å². The van der Waals surface area contributed by atoms with Crippen LogP contribution in [0.25, 0.3) is 0 Å². The van der Waals surface area contributed by atoms with Gasteiger partial charge in [0.05, 0.1) is 16.7 Å². The smallest absolute Gasteiger partial charge is 0.235 e. The molecule has 0 bridgehead atoms. The van der Waals surface area contributed by atoms with Crippen LogP contribution >= 0.6 is 23.5 Å². The normalized spacial score (nSPS) is 13.1. The second-order valence-corrected chi connectivity index (χ2v) is 9.31. The van der Waals surface area contributed by atoms with E-state index >= 15 is 0 Å². The Hall–Kier alpha value is -2.71. The van der Waals surface area contributed by atoms with E-state index in [0.717, 1.165) is 15.6 Å². The van der Waals surface area contributed by atoms with Crippen molar-refractivity contribution < 1.29 is 9.47 Å². The van der Waals surface area contributed by atoms with Crippen LogP contribution in [0.5, 0.6) is 0 Å². The SMILES string of the molecule is COC(OCc1ccccc1)(c1ccccn1)C(Sc1ccccn1)Sc1ccccn1. The van der Waals surface area contributed by atoms with Gasteiger partial charge in [0, 0.05) is 25.7 Å². The average molecular weight is 462 g/mol. The summed E-state index contributed by atoms with van der Waals surface area (Å²) in [6, 6.07) is 27.5. The molecule has 162 valence electrons. The summed E-state index contributed by atoms with van der Waals surface area (Å²) in [7, 11) is 1.66. The molecule has 0 spiro atoms. The molecule has 0 aliphatic heterocycles. The number of rotatable bonds is 10. The van der Waals surface area contributed by atoms with E-state index in [1.54, 1.807) is 49.2 Å². The van der Waals surface area contributed by atoms with Crippen LogP contribution in [0, 0.1) is 0 Å². The van der Waals surface area contributed by atoms with E-state index in [1.165, 1.54) is 0 Å². The first-order chi connectivity index (χ1) is 15.8. The minimum atomic E-state index is -1.15. The van der Waals surface area contributed by atoms with E-state index in [9.17, 15) is 0 Å². The maximum Gasteiger partial charge on any atom is 0.235 e. The summed E-state index contributed by atoms with van der Waals surface area (Å²) in [6.07, 6.45) is 5.32. The van der Waals surface area contributed by atoms with E-state index < -0.39 is 5.79 Å². The molecule has 0 saturated heterocycles. The first-order valence-electron chi connectivity index (χ1n) is 10.1. The topological polar surface area (TPSA) is 57.1 Å². The van der Waals surface area contributed by atoms with E-state index in [2.05, 4.69) is 15.0 Å². The van der Waals surface area contributed by atoms with Crippen LogP contribution in [0.15, 0.2) is 114 Å². The Bertz CT molecular complexity index is 1030. The van der Waals surface area contributed by atoms with Gasteiger partial charge < -0.3 is 9.47 Å². The summed E-state index contributed by atoms with van der Waals surface area (Å²) >= 11 is 3.13.